The van der Waals surface area contributed by atoms with Crippen molar-refractivity contribution in [2.24, 2.45) is 5.73 Å². The van der Waals surface area contributed by atoms with Crippen LogP contribution in [0.25, 0.3) is 0 Å². The van der Waals surface area contributed by atoms with Crippen LogP contribution in [0.5, 0.6) is 0 Å². The predicted molar refractivity (Wildman–Crippen MR) is 114 cm³/mol. The second-order valence-corrected chi connectivity index (χ2v) is 7.64. The lowest BCUT2D eigenvalue weighted by atomic mass is 9.67. The Bertz CT molecular complexity index is 1080. The van der Waals surface area contributed by atoms with Crippen molar-refractivity contribution in [2.45, 2.75) is 25.7 Å². The minimum atomic E-state index is -2.07. The van der Waals surface area contributed by atoms with E-state index in [1.807, 2.05) is 0 Å². The lowest BCUT2D eigenvalue weighted by Gasteiger charge is -2.36. The maximum absolute atomic E-state index is 13.5. The number of hydrogen-bond acceptors (Lipinski definition) is 9. The summed E-state index contributed by atoms with van der Waals surface area (Å²) in [7, 11) is 1.10. The Morgan fingerprint density at radius 3 is 2.44 bits per heavy atom. The second-order valence-electron chi connectivity index (χ2n) is 6.73. The summed E-state index contributed by atoms with van der Waals surface area (Å²) in [5.41, 5.74) is 3.84. The number of esters is 3. The zero-order valence-corrected chi connectivity index (χ0v) is 19.2. The van der Waals surface area contributed by atoms with Gasteiger partial charge in [-0.1, -0.05) is 15.9 Å². The number of carbonyl (C=O) groups is 4. The fourth-order valence-electron chi connectivity index (χ4n) is 3.82. The van der Waals surface area contributed by atoms with Crippen LogP contribution in [0.3, 0.4) is 0 Å². The van der Waals surface area contributed by atoms with E-state index in [4.69, 9.17) is 24.7 Å². The molecule has 3 rings (SSSR count). The molecule has 10 nitrogen and oxygen atoms in total. The first kappa shape index (κ1) is 23.3. The van der Waals surface area contributed by atoms with Crippen molar-refractivity contribution >= 4 is 45.4 Å². The Morgan fingerprint density at radius 1 is 1.12 bits per heavy atom. The van der Waals surface area contributed by atoms with E-state index in [0.717, 1.165) is 7.11 Å². The molecule has 2 aliphatic heterocycles. The molecule has 0 bridgehead atoms. The fourth-order valence-corrected chi connectivity index (χ4v) is 4.18. The smallest absolute Gasteiger partial charge is 0.340 e. The van der Waals surface area contributed by atoms with Gasteiger partial charge in [-0.15, -0.1) is 0 Å². The van der Waals surface area contributed by atoms with E-state index in [9.17, 15) is 19.2 Å². The zero-order valence-electron chi connectivity index (χ0n) is 17.6. The molecule has 1 amide bonds. The minimum Gasteiger partial charge on any atom is -0.466 e. The molecule has 2 heterocycles. The number of amides is 1. The monoisotopic (exact) mass is 508 g/mol. The van der Waals surface area contributed by atoms with Crippen LogP contribution in [0, 0.1) is 0 Å². The number of rotatable bonds is 6. The van der Waals surface area contributed by atoms with Crippen LogP contribution in [-0.2, 0) is 43.5 Å². The molecule has 0 saturated heterocycles. The van der Waals surface area contributed by atoms with Gasteiger partial charge >= 0.3 is 17.9 Å². The van der Waals surface area contributed by atoms with Crippen LogP contribution in [0.1, 0.15) is 25.8 Å². The number of fused-ring (bicyclic) bond motifs is 2. The number of nitrogens with two attached hydrogens (primary N) is 1. The molecule has 3 N–H and O–H groups in total. The molecule has 11 heteroatoms. The summed E-state index contributed by atoms with van der Waals surface area (Å²) in [5.74, 6) is -4.14. The van der Waals surface area contributed by atoms with E-state index in [-0.39, 0.29) is 30.1 Å². The lowest BCUT2D eigenvalue weighted by molar-refractivity contribution is -0.143. The van der Waals surface area contributed by atoms with Crippen LogP contribution >= 0.6 is 15.9 Å². The van der Waals surface area contributed by atoms with Gasteiger partial charge in [-0.25, -0.2) is 9.59 Å². The summed E-state index contributed by atoms with van der Waals surface area (Å²) in [4.78, 5) is 51.8. The van der Waals surface area contributed by atoms with Crippen LogP contribution in [-0.4, -0.2) is 44.1 Å². The molecule has 2 aliphatic rings. The first-order valence-corrected chi connectivity index (χ1v) is 10.5. The number of ether oxygens (including phenoxy) is 4. The first-order chi connectivity index (χ1) is 15.2. The molecule has 1 aromatic carbocycles. The van der Waals surface area contributed by atoms with Gasteiger partial charge in [0.1, 0.15) is 28.7 Å². The molecule has 1 spiro atoms. The number of methoxy groups -OCH3 is 1. The number of halogens is 1. The van der Waals surface area contributed by atoms with Crippen molar-refractivity contribution in [2.75, 3.05) is 25.6 Å². The highest BCUT2D eigenvalue weighted by atomic mass is 79.9. The second kappa shape index (κ2) is 9.03. The van der Waals surface area contributed by atoms with E-state index in [1.54, 1.807) is 32.0 Å². The van der Waals surface area contributed by atoms with E-state index < -0.39 is 47.1 Å². The molecular formula is C21H21BrN2O8. The molecular weight excluding hydrogens is 488 g/mol. The Morgan fingerprint density at radius 2 is 1.81 bits per heavy atom. The zero-order chi connectivity index (χ0) is 23.6. The average Bonchev–Trinajstić information content (AvgIpc) is 2.99. The summed E-state index contributed by atoms with van der Waals surface area (Å²) in [6.07, 6.45) is -0.518. The van der Waals surface area contributed by atoms with Crippen LogP contribution in [0.4, 0.5) is 5.69 Å². The van der Waals surface area contributed by atoms with E-state index in [2.05, 4.69) is 21.2 Å². The summed E-state index contributed by atoms with van der Waals surface area (Å²) in [5, 5.41) is 2.67. The normalized spacial score (nSPS) is 19.3. The molecule has 0 fully saturated rings. The van der Waals surface area contributed by atoms with Gasteiger partial charge in [-0.3, -0.25) is 9.59 Å². The van der Waals surface area contributed by atoms with E-state index in [0.29, 0.717) is 10.2 Å². The molecule has 0 aliphatic carbocycles. The molecule has 0 unspecified atom stereocenters. The summed E-state index contributed by atoms with van der Waals surface area (Å²) < 4.78 is 21.1. The predicted octanol–water partition coefficient (Wildman–Crippen LogP) is 1.78. The first-order valence-electron chi connectivity index (χ1n) is 9.66. The average molecular weight is 509 g/mol. The van der Waals surface area contributed by atoms with Crippen molar-refractivity contribution in [3.63, 3.8) is 0 Å². The third-order valence-corrected chi connectivity index (χ3v) is 5.46. The Labute approximate surface area is 191 Å². The van der Waals surface area contributed by atoms with E-state index >= 15 is 0 Å². The fraction of sp³-hybridized carbons (Fsp3) is 0.333. The third-order valence-electron chi connectivity index (χ3n) is 4.96. The van der Waals surface area contributed by atoms with Gasteiger partial charge in [0.15, 0.2) is 0 Å². The number of nitrogens with one attached hydrogen (secondary N) is 1. The summed E-state index contributed by atoms with van der Waals surface area (Å²) in [6.45, 7) is 3.24. The molecule has 0 saturated carbocycles. The van der Waals surface area contributed by atoms with Gasteiger partial charge in [0.25, 0.3) is 0 Å². The van der Waals surface area contributed by atoms with E-state index in [1.165, 1.54) is 0 Å². The van der Waals surface area contributed by atoms with Crippen LogP contribution < -0.4 is 11.1 Å². The molecule has 170 valence electrons. The number of carbonyl (C=O) groups excluding carboxylic acids is 4. The SMILES string of the molecule is CCOC(=O)CC1=C(C(=O)OCC)[C@]2(C(=O)Nc3ccc(Br)cc32)C(C(=O)OC)=C(N)O1. The Hall–Kier alpha value is -3.34. The largest absolute Gasteiger partial charge is 0.466 e. The molecule has 32 heavy (non-hydrogen) atoms. The number of anilines is 1. The molecule has 1 atom stereocenters. The molecule has 1 aromatic rings. The van der Waals surface area contributed by atoms with Gasteiger partial charge in [-0.2, -0.15) is 0 Å². The van der Waals surface area contributed by atoms with Gasteiger partial charge in [-0.05, 0) is 32.0 Å². The third kappa shape index (κ3) is 3.62. The van der Waals surface area contributed by atoms with Crippen molar-refractivity contribution in [1.29, 1.82) is 0 Å². The van der Waals surface area contributed by atoms with Crippen LogP contribution in [0.2, 0.25) is 0 Å². The van der Waals surface area contributed by atoms with Gasteiger partial charge in [0.05, 0.1) is 20.3 Å². The van der Waals surface area contributed by atoms with Crippen molar-refractivity contribution in [3.05, 3.63) is 51.0 Å². The minimum absolute atomic E-state index is 0.0369. The highest BCUT2D eigenvalue weighted by Gasteiger charge is 2.62. The topological polar surface area (TPSA) is 143 Å². The van der Waals surface area contributed by atoms with Crippen LogP contribution in [0.15, 0.2) is 45.5 Å². The van der Waals surface area contributed by atoms with Crippen molar-refractivity contribution < 1.29 is 38.1 Å². The standard InChI is InChI=1S/C21H21BrN2O8/c1-4-30-14(25)9-13-15(19(27)31-5-2)21(16(17(23)32-13)18(26)29-3)11-8-10(22)6-7-12(11)24-20(21)28/h6-8H,4-5,9,23H2,1-3H3,(H,24,28)/t21-/m0/s1. The number of hydrogen-bond donors (Lipinski definition) is 2. The Kier molecular flexibility index (Phi) is 6.58. The molecule has 0 radical (unpaired) electrons. The summed E-state index contributed by atoms with van der Waals surface area (Å²) in [6, 6.07) is 4.84. The quantitative estimate of drug-likeness (QED) is 0.433. The van der Waals surface area contributed by atoms with Gasteiger partial charge < -0.3 is 30.0 Å². The Balaban J connectivity index is 2.41. The maximum atomic E-state index is 13.5. The lowest BCUT2D eigenvalue weighted by Crippen LogP contribution is -2.48. The van der Waals surface area contributed by atoms with Gasteiger partial charge in [0, 0.05) is 15.7 Å². The molecule has 0 aromatic heterocycles. The number of benzene rings is 1. The summed E-state index contributed by atoms with van der Waals surface area (Å²) >= 11 is 3.35. The highest BCUT2D eigenvalue weighted by Crippen LogP contribution is 2.53. The maximum Gasteiger partial charge on any atom is 0.340 e. The van der Waals surface area contributed by atoms with Crippen molar-refractivity contribution in [1.82, 2.24) is 0 Å². The highest BCUT2D eigenvalue weighted by molar-refractivity contribution is 9.10. The van der Waals surface area contributed by atoms with Crippen molar-refractivity contribution in [3.8, 4) is 0 Å². The van der Waals surface area contributed by atoms with Gasteiger partial charge in [0.2, 0.25) is 11.8 Å².